The van der Waals surface area contributed by atoms with Crippen LogP contribution < -0.4 is 14.2 Å². The number of methoxy groups -OCH3 is 2. The van der Waals surface area contributed by atoms with Gasteiger partial charge < -0.3 is 14.2 Å². The summed E-state index contributed by atoms with van der Waals surface area (Å²) in [5.74, 6) is 1.02. The lowest BCUT2D eigenvalue weighted by molar-refractivity contribution is -0.384. The number of hydrogen-bond acceptors (Lipinski definition) is 6. The maximum absolute atomic E-state index is 12.5. The highest BCUT2D eigenvalue weighted by Gasteiger charge is 2.32. The highest BCUT2D eigenvalue weighted by atomic mass is 16.6. The predicted octanol–water partition coefficient (Wildman–Crippen LogP) is 3.23. The number of ketones is 1. The van der Waals surface area contributed by atoms with Gasteiger partial charge in [-0.1, -0.05) is 0 Å². The van der Waals surface area contributed by atoms with E-state index in [9.17, 15) is 14.9 Å². The molecule has 0 radical (unpaired) electrons. The molecule has 0 spiro atoms. The molecule has 7 heteroatoms. The van der Waals surface area contributed by atoms with Crippen LogP contribution in [0.15, 0.2) is 42.2 Å². The summed E-state index contributed by atoms with van der Waals surface area (Å²) in [6.07, 6.45) is 1.53. The van der Waals surface area contributed by atoms with Crippen LogP contribution in [0.5, 0.6) is 17.2 Å². The molecule has 0 fully saturated rings. The second-order valence-electron chi connectivity index (χ2n) is 4.99. The molecular formula is C17H13NO6. The number of nitro benzene ring substituents is 1. The van der Waals surface area contributed by atoms with E-state index in [4.69, 9.17) is 14.2 Å². The average molecular weight is 327 g/mol. The molecule has 0 amide bonds. The van der Waals surface area contributed by atoms with Crippen molar-refractivity contribution < 1.29 is 23.9 Å². The van der Waals surface area contributed by atoms with Crippen molar-refractivity contribution in [1.29, 1.82) is 0 Å². The number of nitro groups is 1. The molecule has 0 unspecified atom stereocenters. The first kappa shape index (κ1) is 15.5. The maximum atomic E-state index is 12.5. The lowest BCUT2D eigenvalue weighted by atomic mass is 10.1. The Balaban J connectivity index is 1.97. The molecule has 1 aliphatic rings. The van der Waals surface area contributed by atoms with Gasteiger partial charge in [0.2, 0.25) is 5.78 Å². The third kappa shape index (κ3) is 2.67. The van der Waals surface area contributed by atoms with E-state index in [1.54, 1.807) is 24.3 Å². The summed E-state index contributed by atoms with van der Waals surface area (Å²) in [6.45, 7) is 0. The zero-order chi connectivity index (χ0) is 17.3. The van der Waals surface area contributed by atoms with Gasteiger partial charge in [0.1, 0.15) is 22.8 Å². The maximum Gasteiger partial charge on any atom is 0.269 e. The van der Waals surface area contributed by atoms with Gasteiger partial charge in [0.25, 0.3) is 5.69 Å². The molecule has 2 aromatic carbocycles. The normalized spacial score (nSPS) is 14.2. The highest BCUT2D eigenvalue weighted by molar-refractivity contribution is 6.16. The Morgan fingerprint density at radius 1 is 1.12 bits per heavy atom. The SMILES string of the molecule is COc1cc(OC)c2c(c1)O/C(=C/c1ccc([N+](=O)[O-])cc1)C2=O. The van der Waals surface area contributed by atoms with Gasteiger partial charge in [0.15, 0.2) is 5.76 Å². The van der Waals surface area contributed by atoms with E-state index in [0.717, 1.165) is 0 Å². The van der Waals surface area contributed by atoms with Crippen LogP contribution in [0.2, 0.25) is 0 Å². The first-order valence-electron chi connectivity index (χ1n) is 6.98. The minimum atomic E-state index is -0.485. The van der Waals surface area contributed by atoms with Gasteiger partial charge in [-0.25, -0.2) is 0 Å². The van der Waals surface area contributed by atoms with Crippen LogP contribution in [0.1, 0.15) is 15.9 Å². The van der Waals surface area contributed by atoms with Crippen molar-refractivity contribution in [2.75, 3.05) is 14.2 Å². The molecule has 0 N–H and O–H groups in total. The third-order valence-corrected chi connectivity index (χ3v) is 3.57. The van der Waals surface area contributed by atoms with Gasteiger partial charge in [0, 0.05) is 24.3 Å². The second-order valence-corrected chi connectivity index (χ2v) is 4.99. The first-order chi connectivity index (χ1) is 11.5. The number of Topliss-reactive ketones (excluding diaryl/α,β-unsaturated/α-hetero) is 1. The molecule has 7 nitrogen and oxygen atoms in total. The molecule has 0 aliphatic carbocycles. The fraction of sp³-hybridized carbons (Fsp3) is 0.118. The quantitative estimate of drug-likeness (QED) is 0.487. The molecule has 2 aromatic rings. The van der Waals surface area contributed by atoms with Crippen molar-refractivity contribution in [1.82, 2.24) is 0 Å². The molecule has 0 saturated heterocycles. The summed E-state index contributed by atoms with van der Waals surface area (Å²) in [5.41, 5.74) is 0.916. The number of ether oxygens (including phenoxy) is 3. The monoisotopic (exact) mass is 327 g/mol. The van der Waals surface area contributed by atoms with Crippen molar-refractivity contribution >= 4 is 17.5 Å². The minimum absolute atomic E-state index is 0.0227. The number of nitrogens with zero attached hydrogens (tertiary/aromatic N) is 1. The standard InChI is InChI=1S/C17H13NO6/c1-22-12-8-13(23-2)16-14(9-12)24-15(17(16)19)7-10-3-5-11(6-4-10)18(20)21/h3-9H,1-2H3/b15-7+. The number of carbonyl (C=O) groups excluding carboxylic acids is 1. The summed E-state index contributed by atoms with van der Waals surface area (Å²) in [6, 6.07) is 9.03. The molecule has 1 heterocycles. The molecule has 0 saturated carbocycles. The van der Waals surface area contributed by atoms with Crippen LogP contribution in [-0.2, 0) is 0 Å². The van der Waals surface area contributed by atoms with Crippen LogP contribution in [-0.4, -0.2) is 24.9 Å². The van der Waals surface area contributed by atoms with Crippen LogP contribution in [0.25, 0.3) is 6.08 Å². The van der Waals surface area contributed by atoms with Crippen molar-refractivity contribution in [2.24, 2.45) is 0 Å². The second kappa shape index (κ2) is 6.04. The van der Waals surface area contributed by atoms with E-state index >= 15 is 0 Å². The van der Waals surface area contributed by atoms with Crippen molar-refractivity contribution in [3.63, 3.8) is 0 Å². The molecular weight excluding hydrogens is 314 g/mol. The molecule has 1 aliphatic heterocycles. The van der Waals surface area contributed by atoms with E-state index < -0.39 is 4.92 Å². The topological polar surface area (TPSA) is 87.9 Å². The van der Waals surface area contributed by atoms with E-state index in [-0.39, 0.29) is 17.2 Å². The number of fused-ring (bicyclic) bond motifs is 1. The Morgan fingerprint density at radius 3 is 2.42 bits per heavy atom. The summed E-state index contributed by atoms with van der Waals surface area (Å²) in [7, 11) is 2.96. The number of benzene rings is 2. The average Bonchev–Trinajstić information content (AvgIpc) is 2.90. The Bertz CT molecular complexity index is 854. The van der Waals surface area contributed by atoms with Gasteiger partial charge in [-0.05, 0) is 23.8 Å². The number of carbonyl (C=O) groups is 1. The minimum Gasteiger partial charge on any atom is -0.496 e. The highest BCUT2D eigenvalue weighted by Crippen LogP contribution is 2.41. The van der Waals surface area contributed by atoms with Crippen molar-refractivity contribution in [2.45, 2.75) is 0 Å². The first-order valence-corrected chi connectivity index (χ1v) is 6.98. The zero-order valence-corrected chi connectivity index (χ0v) is 12.9. The Kier molecular flexibility index (Phi) is 3.91. The predicted molar refractivity (Wildman–Crippen MR) is 85.6 cm³/mol. The lowest BCUT2D eigenvalue weighted by Gasteiger charge is -2.07. The van der Waals surface area contributed by atoms with Crippen LogP contribution in [0.3, 0.4) is 0 Å². The molecule has 0 aromatic heterocycles. The fourth-order valence-corrected chi connectivity index (χ4v) is 2.38. The van der Waals surface area contributed by atoms with Gasteiger partial charge >= 0.3 is 0 Å². The van der Waals surface area contributed by atoms with Crippen LogP contribution >= 0.6 is 0 Å². The van der Waals surface area contributed by atoms with E-state index in [1.165, 1.54) is 32.4 Å². The van der Waals surface area contributed by atoms with Gasteiger partial charge in [-0.2, -0.15) is 0 Å². The lowest BCUT2D eigenvalue weighted by Crippen LogP contribution is -2.00. The summed E-state index contributed by atoms with van der Waals surface area (Å²) < 4.78 is 16.0. The fourth-order valence-electron chi connectivity index (χ4n) is 2.38. The van der Waals surface area contributed by atoms with Gasteiger partial charge in [0.05, 0.1) is 19.1 Å². The Morgan fingerprint density at radius 2 is 1.83 bits per heavy atom. The largest absolute Gasteiger partial charge is 0.496 e. The van der Waals surface area contributed by atoms with E-state index in [0.29, 0.717) is 28.4 Å². The molecule has 0 atom stereocenters. The number of hydrogen-bond donors (Lipinski definition) is 0. The number of rotatable bonds is 4. The van der Waals surface area contributed by atoms with Crippen LogP contribution in [0, 0.1) is 10.1 Å². The molecule has 3 rings (SSSR count). The summed E-state index contributed by atoms with van der Waals surface area (Å²) in [5, 5.41) is 10.7. The van der Waals surface area contributed by atoms with Crippen LogP contribution in [0.4, 0.5) is 5.69 Å². The number of non-ortho nitro benzene ring substituents is 1. The number of allylic oxidation sites excluding steroid dienone is 1. The van der Waals surface area contributed by atoms with Gasteiger partial charge in [-0.3, -0.25) is 14.9 Å². The molecule has 24 heavy (non-hydrogen) atoms. The smallest absolute Gasteiger partial charge is 0.269 e. The summed E-state index contributed by atoms with van der Waals surface area (Å²) >= 11 is 0. The van der Waals surface area contributed by atoms with Crippen molar-refractivity contribution in [3.8, 4) is 17.2 Å². The van der Waals surface area contributed by atoms with E-state index in [1.807, 2.05) is 0 Å². The van der Waals surface area contributed by atoms with E-state index in [2.05, 4.69) is 0 Å². The molecule has 0 bridgehead atoms. The van der Waals surface area contributed by atoms with Crippen molar-refractivity contribution in [3.05, 3.63) is 63.4 Å². The van der Waals surface area contributed by atoms with Gasteiger partial charge in [-0.15, -0.1) is 0 Å². The Hall–Kier alpha value is -3.35. The Labute approximate surface area is 137 Å². The zero-order valence-electron chi connectivity index (χ0n) is 12.9. The summed E-state index contributed by atoms with van der Waals surface area (Å²) in [4.78, 5) is 22.7. The molecule has 122 valence electrons. The third-order valence-electron chi connectivity index (χ3n) is 3.57.